The third-order valence-electron chi connectivity index (χ3n) is 5.70. The van der Waals surface area contributed by atoms with Crippen LogP contribution >= 0.6 is 0 Å². The molecule has 0 bridgehead atoms. The van der Waals surface area contributed by atoms with Crippen molar-refractivity contribution in [3.8, 4) is 5.75 Å². The van der Waals surface area contributed by atoms with Crippen molar-refractivity contribution in [2.24, 2.45) is 5.41 Å². The molecule has 2 fully saturated rings. The molecule has 5 nitrogen and oxygen atoms in total. The van der Waals surface area contributed by atoms with Crippen molar-refractivity contribution in [3.05, 3.63) is 65.0 Å². The number of benzene rings is 2. The monoisotopic (exact) mass is 396 g/mol. The van der Waals surface area contributed by atoms with Gasteiger partial charge in [-0.25, -0.2) is 4.39 Å². The molecule has 2 aromatic carbocycles. The number of nitrogens with zero attached hydrogens (tertiary/aromatic N) is 1. The van der Waals surface area contributed by atoms with Crippen LogP contribution in [-0.4, -0.2) is 43.0 Å². The van der Waals surface area contributed by atoms with Gasteiger partial charge in [0.25, 0.3) is 5.91 Å². The van der Waals surface area contributed by atoms with Gasteiger partial charge in [0.1, 0.15) is 11.6 Å². The maximum absolute atomic E-state index is 14.2. The van der Waals surface area contributed by atoms with Crippen molar-refractivity contribution >= 4 is 11.8 Å². The number of nitrogens with one attached hydrogen (secondary N) is 1. The number of rotatable bonds is 6. The van der Waals surface area contributed by atoms with Crippen LogP contribution in [0.2, 0.25) is 0 Å². The summed E-state index contributed by atoms with van der Waals surface area (Å²) in [6, 6.07) is 12.5. The van der Waals surface area contributed by atoms with Crippen molar-refractivity contribution in [2.75, 3.05) is 20.2 Å². The molecule has 0 radical (unpaired) electrons. The highest BCUT2D eigenvalue weighted by atomic mass is 19.1. The second-order valence-electron chi connectivity index (χ2n) is 8.20. The average molecular weight is 396 g/mol. The fourth-order valence-electron chi connectivity index (χ4n) is 3.87. The highest BCUT2D eigenvalue weighted by molar-refractivity contribution is 5.97. The minimum atomic E-state index is -0.703. The van der Waals surface area contributed by atoms with E-state index in [9.17, 15) is 14.0 Å². The van der Waals surface area contributed by atoms with Crippen molar-refractivity contribution in [1.82, 2.24) is 10.2 Å². The Bertz CT molecular complexity index is 949. The SMILES string of the molecule is COc1cccc(CC2(C(=O)NC3CC3)CN(C(=O)c3ccc(C)cc3F)C2)c1. The second kappa shape index (κ2) is 7.50. The molecule has 29 heavy (non-hydrogen) atoms. The molecule has 1 saturated carbocycles. The number of carbonyl (C=O) groups excluding carboxylic acids is 2. The van der Waals surface area contributed by atoms with Gasteiger partial charge in [0.05, 0.1) is 18.1 Å². The number of carbonyl (C=O) groups is 2. The van der Waals surface area contributed by atoms with E-state index in [-0.39, 0.29) is 36.5 Å². The largest absolute Gasteiger partial charge is 0.497 e. The molecule has 2 amide bonds. The van der Waals surface area contributed by atoms with E-state index in [1.807, 2.05) is 24.3 Å². The summed E-state index contributed by atoms with van der Waals surface area (Å²) in [5.74, 6) is -0.198. The van der Waals surface area contributed by atoms with Gasteiger partial charge >= 0.3 is 0 Å². The Hall–Kier alpha value is -2.89. The van der Waals surface area contributed by atoms with E-state index in [1.54, 1.807) is 25.0 Å². The highest BCUT2D eigenvalue weighted by Crippen LogP contribution is 2.37. The molecule has 1 aliphatic heterocycles. The molecule has 1 heterocycles. The summed E-state index contributed by atoms with van der Waals surface area (Å²) in [4.78, 5) is 27.4. The number of likely N-dealkylation sites (tertiary alicyclic amines) is 1. The first-order valence-electron chi connectivity index (χ1n) is 9.89. The van der Waals surface area contributed by atoms with Gasteiger partial charge in [0.2, 0.25) is 5.91 Å². The maximum Gasteiger partial charge on any atom is 0.256 e. The number of ether oxygens (including phenoxy) is 1. The van der Waals surface area contributed by atoms with Crippen LogP contribution in [0.1, 0.15) is 34.3 Å². The summed E-state index contributed by atoms with van der Waals surface area (Å²) in [5, 5.41) is 3.08. The zero-order valence-electron chi connectivity index (χ0n) is 16.7. The van der Waals surface area contributed by atoms with Gasteiger partial charge in [-0.3, -0.25) is 9.59 Å². The third kappa shape index (κ3) is 3.97. The quantitative estimate of drug-likeness (QED) is 0.816. The van der Waals surface area contributed by atoms with E-state index in [2.05, 4.69) is 5.32 Å². The van der Waals surface area contributed by atoms with Crippen LogP contribution in [0.4, 0.5) is 4.39 Å². The predicted octanol–water partition coefficient (Wildman–Crippen LogP) is 3.11. The molecule has 1 saturated heterocycles. The number of methoxy groups -OCH3 is 1. The fraction of sp³-hybridized carbons (Fsp3) is 0.391. The van der Waals surface area contributed by atoms with E-state index >= 15 is 0 Å². The molecular formula is C23H25FN2O3. The summed E-state index contributed by atoms with van der Waals surface area (Å²) in [6.45, 7) is 2.33. The normalized spacial score (nSPS) is 17.4. The van der Waals surface area contributed by atoms with Crippen LogP contribution in [0.3, 0.4) is 0 Å². The van der Waals surface area contributed by atoms with Crippen LogP contribution in [-0.2, 0) is 11.2 Å². The summed E-state index contributed by atoms with van der Waals surface area (Å²) in [5.41, 5.74) is 1.09. The Morgan fingerprint density at radius 1 is 1.21 bits per heavy atom. The van der Waals surface area contributed by atoms with E-state index in [0.29, 0.717) is 6.42 Å². The van der Waals surface area contributed by atoms with E-state index in [1.165, 1.54) is 12.1 Å². The lowest BCUT2D eigenvalue weighted by Gasteiger charge is -2.49. The number of aryl methyl sites for hydroxylation is 1. The standard InChI is InChI=1S/C23H25FN2O3/c1-15-6-9-19(20(24)10-15)21(27)26-13-23(14-26,22(28)25-17-7-8-17)12-16-4-3-5-18(11-16)29-2/h3-6,9-11,17H,7-8,12-14H2,1-2H3,(H,25,28). The molecule has 1 N–H and O–H groups in total. The highest BCUT2D eigenvalue weighted by Gasteiger charge is 2.52. The van der Waals surface area contributed by atoms with Gasteiger partial charge in [-0.05, 0) is 61.6 Å². The molecule has 0 aromatic heterocycles. The van der Waals surface area contributed by atoms with Gasteiger partial charge in [-0.2, -0.15) is 0 Å². The van der Waals surface area contributed by atoms with Gasteiger partial charge in [0.15, 0.2) is 0 Å². The minimum Gasteiger partial charge on any atom is -0.497 e. The molecule has 1 aliphatic carbocycles. The molecule has 6 heteroatoms. The molecule has 0 spiro atoms. The molecule has 2 aliphatic rings. The van der Waals surface area contributed by atoms with E-state index in [0.717, 1.165) is 29.7 Å². The van der Waals surface area contributed by atoms with Crippen LogP contribution in [0.15, 0.2) is 42.5 Å². The van der Waals surface area contributed by atoms with Gasteiger partial charge in [-0.15, -0.1) is 0 Å². The fourth-order valence-corrected chi connectivity index (χ4v) is 3.87. The molecule has 2 aromatic rings. The number of hydrogen-bond donors (Lipinski definition) is 1. The summed E-state index contributed by atoms with van der Waals surface area (Å²) < 4.78 is 19.5. The Labute approximate surface area is 169 Å². The molecular weight excluding hydrogens is 371 g/mol. The molecule has 152 valence electrons. The summed E-state index contributed by atoms with van der Waals surface area (Å²) >= 11 is 0. The van der Waals surface area contributed by atoms with E-state index < -0.39 is 11.2 Å². The Morgan fingerprint density at radius 3 is 2.62 bits per heavy atom. The van der Waals surface area contributed by atoms with Crippen molar-refractivity contribution < 1.29 is 18.7 Å². The summed E-state index contributed by atoms with van der Waals surface area (Å²) in [6.07, 6.45) is 2.50. The molecule has 0 atom stereocenters. The topological polar surface area (TPSA) is 58.6 Å². The lowest BCUT2D eigenvalue weighted by Crippen LogP contribution is -2.65. The average Bonchev–Trinajstić information content (AvgIpc) is 3.48. The first-order valence-corrected chi connectivity index (χ1v) is 9.89. The van der Waals surface area contributed by atoms with Gasteiger partial charge in [0, 0.05) is 19.1 Å². The molecule has 0 unspecified atom stereocenters. The maximum atomic E-state index is 14.2. The zero-order chi connectivity index (χ0) is 20.6. The van der Waals surface area contributed by atoms with Crippen LogP contribution in [0.5, 0.6) is 5.75 Å². The van der Waals surface area contributed by atoms with Crippen molar-refractivity contribution in [2.45, 2.75) is 32.2 Å². The van der Waals surface area contributed by atoms with Crippen LogP contribution < -0.4 is 10.1 Å². The Morgan fingerprint density at radius 2 is 1.97 bits per heavy atom. The van der Waals surface area contributed by atoms with Crippen molar-refractivity contribution in [1.29, 1.82) is 0 Å². The summed E-state index contributed by atoms with van der Waals surface area (Å²) in [7, 11) is 1.61. The first kappa shape index (κ1) is 19.4. The van der Waals surface area contributed by atoms with E-state index in [4.69, 9.17) is 4.74 Å². The van der Waals surface area contributed by atoms with Gasteiger partial charge in [-0.1, -0.05) is 18.2 Å². The second-order valence-corrected chi connectivity index (χ2v) is 8.20. The van der Waals surface area contributed by atoms with Crippen LogP contribution in [0.25, 0.3) is 0 Å². The Kier molecular flexibility index (Phi) is 5.03. The number of hydrogen-bond acceptors (Lipinski definition) is 3. The first-order chi connectivity index (χ1) is 13.9. The smallest absolute Gasteiger partial charge is 0.256 e. The third-order valence-corrected chi connectivity index (χ3v) is 5.70. The van der Waals surface area contributed by atoms with Crippen LogP contribution in [0, 0.1) is 18.2 Å². The molecule has 4 rings (SSSR count). The number of amides is 2. The van der Waals surface area contributed by atoms with Crippen molar-refractivity contribution in [3.63, 3.8) is 0 Å². The Balaban J connectivity index is 1.53. The predicted molar refractivity (Wildman–Crippen MR) is 107 cm³/mol. The number of halogens is 1. The van der Waals surface area contributed by atoms with Gasteiger partial charge < -0.3 is 15.0 Å². The minimum absolute atomic E-state index is 0.0313. The zero-order valence-corrected chi connectivity index (χ0v) is 16.7. The lowest BCUT2D eigenvalue weighted by atomic mass is 9.73. The lowest BCUT2D eigenvalue weighted by molar-refractivity contribution is -0.139.